The first-order valence-electron chi connectivity index (χ1n) is 20.3. The van der Waals surface area contributed by atoms with Crippen LogP contribution in [0.3, 0.4) is 0 Å². The molecule has 4 heteroatoms. The second-order valence-electron chi connectivity index (χ2n) is 15.1. The molecule has 10 aromatic rings. The van der Waals surface area contributed by atoms with Crippen LogP contribution in [0.25, 0.3) is 100 Å². The van der Waals surface area contributed by atoms with Crippen molar-refractivity contribution in [2.45, 2.75) is 12.8 Å². The van der Waals surface area contributed by atoms with Crippen molar-refractivity contribution in [1.82, 2.24) is 19.6 Å². The van der Waals surface area contributed by atoms with Crippen molar-refractivity contribution in [2.24, 2.45) is 0 Å². The molecule has 11 rings (SSSR count). The Hall–Kier alpha value is -7.69. The van der Waals surface area contributed by atoms with Crippen LogP contribution in [0.15, 0.2) is 206 Å². The van der Waals surface area contributed by atoms with Crippen molar-refractivity contribution >= 4 is 32.6 Å². The molecule has 0 aliphatic heterocycles. The van der Waals surface area contributed by atoms with Gasteiger partial charge in [0, 0.05) is 44.3 Å². The first-order chi connectivity index (χ1) is 29.3. The van der Waals surface area contributed by atoms with E-state index in [-0.39, 0.29) is 0 Å². The molecule has 0 bridgehead atoms. The summed E-state index contributed by atoms with van der Waals surface area (Å²) in [5.74, 6) is 0.703. The SMILES string of the molecule is C1=CCCC(c2c(-c3cccc4ccccc34)nn3c(-c4ccccc4)c(-c4ccc(-c5cc(-c6ccccc6)nc(-c6ccccc6)n5)cc4)c4ccccc4c23)=C1. The van der Waals surface area contributed by atoms with Gasteiger partial charge < -0.3 is 0 Å². The van der Waals surface area contributed by atoms with E-state index >= 15 is 0 Å². The smallest absolute Gasteiger partial charge is 0.160 e. The zero-order valence-electron chi connectivity index (χ0n) is 32.3. The lowest BCUT2D eigenvalue weighted by Crippen LogP contribution is -2.00. The predicted molar refractivity (Wildman–Crippen MR) is 245 cm³/mol. The Morgan fingerprint density at radius 3 is 1.73 bits per heavy atom. The molecule has 0 unspecified atom stereocenters. The summed E-state index contributed by atoms with van der Waals surface area (Å²) in [6.07, 6.45) is 8.70. The Morgan fingerprint density at radius 2 is 1.03 bits per heavy atom. The summed E-state index contributed by atoms with van der Waals surface area (Å²) >= 11 is 0. The maximum absolute atomic E-state index is 5.70. The Bertz CT molecular complexity index is 3170. The van der Waals surface area contributed by atoms with Gasteiger partial charge in [-0.25, -0.2) is 14.5 Å². The van der Waals surface area contributed by atoms with Crippen molar-refractivity contribution in [2.75, 3.05) is 0 Å². The zero-order valence-corrected chi connectivity index (χ0v) is 32.3. The Morgan fingerprint density at radius 1 is 0.458 bits per heavy atom. The third-order valence-electron chi connectivity index (χ3n) is 11.5. The normalized spacial score (nSPS) is 12.6. The molecule has 7 aromatic carbocycles. The summed E-state index contributed by atoms with van der Waals surface area (Å²) in [5, 5.41) is 10.5. The number of hydrogen-bond donors (Lipinski definition) is 0. The summed E-state index contributed by atoms with van der Waals surface area (Å²) < 4.78 is 2.25. The highest BCUT2D eigenvalue weighted by atomic mass is 15.2. The average Bonchev–Trinajstić information content (AvgIpc) is 3.72. The maximum Gasteiger partial charge on any atom is 0.160 e. The van der Waals surface area contributed by atoms with E-state index in [1.807, 2.05) is 24.3 Å². The van der Waals surface area contributed by atoms with Crippen LogP contribution in [0.2, 0.25) is 0 Å². The van der Waals surface area contributed by atoms with E-state index in [4.69, 9.17) is 15.1 Å². The molecule has 1 aliphatic carbocycles. The third kappa shape index (κ3) is 6.14. The van der Waals surface area contributed by atoms with Crippen LogP contribution >= 0.6 is 0 Å². The van der Waals surface area contributed by atoms with Gasteiger partial charge >= 0.3 is 0 Å². The van der Waals surface area contributed by atoms with Gasteiger partial charge in [0.05, 0.1) is 22.6 Å². The first-order valence-corrected chi connectivity index (χ1v) is 20.3. The van der Waals surface area contributed by atoms with E-state index in [0.29, 0.717) is 5.82 Å². The topological polar surface area (TPSA) is 43.1 Å². The molecule has 0 amide bonds. The number of pyridine rings is 1. The molecular formula is C55H38N4. The summed E-state index contributed by atoms with van der Waals surface area (Å²) in [4.78, 5) is 10.2. The van der Waals surface area contributed by atoms with Crippen molar-refractivity contribution < 1.29 is 0 Å². The van der Waals surface area contributed by atoms with Gasteiger partial charge in [0.15, 0.2) is 5.82 Å². The number of aromatic nitrogens is 4. The summed E-state index contributed by atoms with van der Waals surface area (Å²) in [5.41, 5.74) is 15.0. The van der Waals surface area contributed by atoms with Crippen molar-refractivity contribution in [3.05, 3.63) is 212 Å². The van der Waals surface area contributed by atoms with Gasteiger partial charge in [-0.15, -0.1) is 0 Å². The average molecular weight is 755 g/mol. The van der Waals surface area contributed by atoms with Gasteiger partial charge in [0.2, 0.25) is 0 Å². The summed E-state index contributed by atoms with van der Waals surface area (Å²) in [6, 6.07) is 66.4. The fourth-order valence-corrected chi connectivity index (χ4v) is 8.74. The Labute approximate surface area is 343 Å². The molecule has 59 heavy (non-hydrogen) atoms. The number of allylic oxidation sites excluding steroid dienone is 4. The molecule has 0 radical (unpaired) electrons. The number of benzene rings is 7. The number of hydrogen-bond acceptors (Lipinski definition) is 3. The van der Waals surface area contributed by atoms with E-state index in [2.05, 4.69) is 187 Å². The minimum Gasteiger partial charge on any atom is -0.231 e. The molecule has 4 nitrogen and oxygen atoms in total. The Balaban J connectivity index is 1.17. The Kier molecular flexibility index (Phi) is 8.59. The largest absolute Gasteiger partial charge is 0.231 e. The van der Waals surface area contributed by atoms with Crippen LogP contribution < -0.4 is 0 Å². The highest BCUT2D eigenvalue weighted by molar-refractivity contribution is 6.14. The minimum absolute atomic E-state index is 0.703. The monoisotopic (exact) mass is 754 g/mol. The molecule has 0 N–H and O–H groups in total. The predicted octanol–water partition coefficient (Wildman–Crippen LogP) is 14.2. The van der Waals surface area contributed by atoms with Crippen molar-refractivity contribution in [3.8, 4) is 67.5 Å². The molecule has 0 fully saturated rings. The van der Waals surface area contributed by atoms with Crippen LogP contribution in [0.5, 0.6) is 0 Å². The second-order valence-corrected chi connectivity index (χ2v) is 15.1. The van der Waals surface area contributed by atoms with Crippen LogP contribution in [-0.2, 0) is 0 Å². The lowest BCUT2D eigenvalue weighted by atomic mass is 9.88. The third-order valence-corrected chi connectivity index (χ3v) is 11.5. The minimum atomic E-state index is 0.703. The lowest BCUT2D eigenvalue weighted by Gasteiger charge is -2.18. The number of rotatable bonds is 7. The van der Waals surface area contributed by atoms with Crippen LogP contribution in [0.4, 0.5) is 0 Å². The maximum atomic E-state index is 5.70. The lowest BCUT2D eigenvalue weighted by molar-refractivity contribution is 0.981. The van der Waals surface area contributed by atoms with E-state index in [0.717, 1.165) is 80.1 Å². The molecule has 0 spiro atoms. The quantitative estimate of drug-likeness (QED) is 0.163. The highest BCUT2D eigenvalue weighted by Gasteiger charge is 2.27. The molecule has 3 heterocycles. The van der Waals surface area contributed by atoms with E-state index in [9.17, 15) is 0 Å². The number of fused-ring (bicyclic) bond motifs is 4. The molecule has 0 saturated carbocycles. The molecular weight excluding hydrogens is 717 g/mol. The van der Waals surface area contributed by atoms with Gasteiger partial charge in [0.1, 0.15) is 5.69 Å². The van der Waals surface area contributed by atoms with Crippen LogP contribution in [0, 0.1) is 0 Å². The summed E-state index contributed by atoms with van der Waals surface area (Å²) in [7, 11) is 0. The molecule has 3 aromatic heterocycles. The number of nitrogens with zero attached hydrogens (tertiary/aromatic N) is 4. The summed E-state index contributed by atoms with van der Waals surface area (Å²) in [6.45, 7) is 0. The van der Waals surface area contributed by atoms with E-state index < -0.39 is 0 Å². The molecule has 0 saturated heterocycles. The van der Waals surface area contributed by atoms with Crippen LogP contribution in [-0.4, -0.2) is 19.6 Å². The fourth-order valence-electron chi connectivity index (χ4n) is 8.74. The van der Waals surface area contributed by atoms with E-state index in [1.165, 1.54) is 32.7 Å². The van der Waals surface area contributed by atoms with Gasteiger partial charge in [-0.05, 0) is 46.2 Å². The van der Waals surface area contributed by atoms with Gasteiger partial charge in [-0.3, -0.25) is 0 Å². The van der Waals surface area contributed by atoms with Crippen molar-refractivity contribution in [3.63, 3.8) is 0 Å². The highest BCUT2D eigenvalue weighted by Crippen LogP contribution is 2.46. The molecule has 278 valence electrons. The van der Waals surface area contributed by atoms with E-state index in [1.54, 1.807) is 0 Å². The standard InChI is InChI=1S/C55H38N4/c1-5-19-38(20-6-1)48-36-49(57-55(56-48)43-25-11-4-12-26-43)39-32-34-41(35-33-39)50-45-29-15-16-30-47(45)54-51(40-21-7-2-8-22-40)52(46-31-17-27-37-18-13-14-28-44(37)46)58-59(54)53(50)42-23-9-3-10-24-42/h1-7,9-21,23-36H,8,22H2. The van der Waals surface area contributed by atoms with Crippen molar-refractivity contribution in [1.29, 1.82) is 0 Å². The van der Waals surface area contributed by atoms with Gasteiger partial charge in [0.25, 0.3) is 0 Å². The second kappa shape index (κ2) is 14.7. The zero-order chi connectivity index (χ0) is 39.1. The van der Waals surface area contributed by atoms with Gasteiger partial charge in [-0.2, -0.15) is 5.10 Å². The fraction of sp³-hybridized carbons (Fsp3) is 0.0364. The molecule has 1 aliphatic rings. The van der Waals surface area contributed by atoms with Crippen LogP contribution in [0.1, 0.15) is 18.4 Å². The van der Waals surface area contributed by atoms with Gasteiger partial charge in [-0.1, -0.05) is 200 Å². The molecule has 0 atom stereocenters. The first kappa shape index (κ1) is 34.5.